The predicted octanol–water partition coefficient (Wildman–Crippen LogP) is 25.5. The van der Waals surface area contributed by atoms with Gasteiger partial charge in [0, 0.05) is 19.3 Å². The van der Waals surface area contributed by atoms with E-state index in [9.17, 15) is 43.5 Å². The molecule has 4 N–H and O–H groups in total. The summed E-state index contributed by atoms with van der Waals surface area (Å²) in [5.41, 5.74) is 0. The van der Waals surface area contributed by atoms with Crippen LogP contribution >= 0.6 is 15.6 Å². The maximum absolute atomic E-state index is 13.0. The highest BCUT2D eigenvalue weighted by Crippen LogP contribution is 2.45. The molecule has 0 rings (SSSR count). The highest BCUT2D eigenvalue weighted by Gasteiger charge is 2.29. The van der Waals surface area contributed by atoms with E-state index in [-0.39, 0.29) is 19.3 Å². The van der Waals surface area contributed by atoms with E-state index in [1.165, 1.54) is 77.0 Å². The van der Waals surface area contributed by atoms with Crippen LogP contribution in [0.1, 0.15) is 329 Å². The first-order valence-corrected chi connectivity index (χ1v) is 45.4. The summed E-state index contributed by atoms with van der Waals surface area (Å²) in [7, 11) is -9.82. The maximum Gasteiger partial charge on any atom is 0.472 e. The second-order valence-electron chi connectivity index (χ2n) is 27.9. The van der Waals surface area contributed by atoms with Gasteiger partial charge >= 0.3 is 33.6 Å². The van der Waals surface area contributed by atoms with Crippen LogP contribution in [-0.2, 0) is 55.8 Å². The molecule has 0 radical (unpaired) electrons. The lowest BCUT2D eigenvalue weighted by Gasteiger charge is -2.21. The fraction of sp³-hybridized carbons (Fsp3) is 0.659. The third kappa shape index (κ3) is 83.7. The molecule has 0 aromatic carbocycles. The van der Waals surface area contributed by atoms with Crippen LogP contribution in [0.3, 0.4) is 0 Å². The number of rotatable bonds is 79. The maximum atomic E-state index is 13.0. The van der Waals surface area contributed by atoms with Gasteiger partial charge in [-0.15, -0.1) is 0 Å². The third-order valence-corrected chi connectivity index (χ3v) is 19.3. The van der Waals surface area contributed by atoms with Crippen molar-refractivity contribution in [3.8, 4) is 0 Å². The minimum Gasteiger partial charge on any atom is -0.463 e. The molecule has 109 heavy (non-hydrogen) atoms. The normalized spacial score (nSPS) is 14.7. The highest BCUT2D eigenvalue weighted by molar-refractivity contribution is 7.47. The summed E-state index contributed by atoms with van der Waals surface area (Å²) in [6, 6.07) is 0. The topological polar surface area (TPSA) is 231 Å². The van der Waals surface area contributed by atoms with Gasteiger partial charge in [-0.2, -0.15) is 0 Å². The van der Waals surface area contributed by atoms with Gasteiger partial charge < -0.3 is 34.2 Å². The van der Waals surface area contributed by atoms with Crippen LogP contribution in [-0.4, -0.2) is 95.9 Å². The number of carbonyl (C=O) groups is 3. The molecule has 0 fully saturated rings. The number of ether oxygens (including phenoxy) is 3. The molecule has 0 aromatic heterocycles. The molecule has 5 unspecified atom stereocenters. The van der Waals surface area contributed by atoms with Crippen molar-refractivity contribution < 1.29 is 75.8 Å². The van der Waals surface area contributed by atoms with Crippen LogP contribution in [0.15, 0.2) is 170 Å². The van der Waals surface area contributed by atoms with Crippen LogP contribution in [0.25, 0.3) is 0 Å². The van der Waals surface area contributed by atoms with E-state index in [2.05, 4.69) is 191 Å². The molecule has 0 amide bonds. The summed E-state index contributed by atoms with van der Waals surface area (Å²) >= 11 is 0. The van der Waals surface area contributed by atoms with Crippen molar-refractivity contribution in [3.63, 3.8) is 0 Å². The van der Waals surface area contributed by atoms with Crippen molar-refractivity contribution in [2.75, 3.05) is 39.6 Å². The van der Waals surface area contributed by atoms with Gasteiger partial charge in [0.15, 0.2) is 6.10 Å². The predicted molar refractivity (Wildman–Crippen MR) is 454 cm³/mol. The zero-order valence-electron chi connectivity index (χ0n) is 68.2. The van der Waals surface area contributed by atoms with Crippen molar-refractivity contribution >= 4 is 33.6 Å². The number of carbonyl (C=O) groups excluding carboxylic acids is 3. The first kappa shape index (κ1) is 104. The van der Waals surface area contributed by atoms with Gasteiger partial charge in [0.25, 0.3) is 0 Å². The minimum atomic E-state index is -4.95. The summed E-state index contributed by atoms with van der Waals surface area (Å²) in [6.07, 6.45) is 105. The molecule has 0 aliphatic rings. The Morgan fingerprint density at radius 1 is 0.266 bits per heavy atom. The number of aliphatic hydroxyl groups is 2. The average Bonchev–Trinajstić information content (AvgIpc) is 0.902. The van der Waals surface area contributed by atoms with Crippen molar-refractivity contribution in [3.05, 3.63) is 170 Å². The van der Waals surface area contributed by atoms with Gasteiger partial charge in [0.05, 0.1) is 26.4 Å². The molecule has 0 saturated heterocycles. The number of unbranched alkanes of at least 4 members (excludes halogenated alkanes) is 28. The lowest BCUT2D eigenvalue weighted by Crippen LogP contribution is -2.30. The number of hydrogen-bond donors (Lipinski definition) is 4. The first-order valence-electron chi connectivity index (χ1n) is 42.4. The number of allylic oxidation sites excluding steroid dienone is 28. The van der Waals surface area contributed by atoms with Gasteiger partial charge in [0.2, 0.25) is 0 Å². The third-order valence-electron chi connectivity index (χ3n) is 17.4. The fourth-order valence-electron chi connectivity index (χ4n) is 11.0. The lowest BCUT2D eigenvalue weighted by molar-refractivity contribution is -0.161. The van der Waals surface area contributed by atoms with E-state index in [4.69, 9.17) is 32.3 Å². The van der Waals surface area contributed by atoms with E-state index in [0.717, 1.165) is 193 Å². The molecule has 18 heteroatoms. The van der Waals surface area contributed by atoms with Crippen LogP contribution in [0, 0.1) is 0 Å². The molecule has 16 nitrogen and oxygen atoms in total. The Hall–Kier alpha value is -5.09. The largest absolute Gasteiger partial charge is 0.472 e. The van der Waals surface area contributed by atoms with Crippen LogP contribution in [0.5, 0.6) is 0 Å². The van der Waals surface area contributed by atoms with Crippen LogP contribution < -0.4 is 0 Å². The van der Waals surface area contributed by atoms with Crippen molar-refractivity contribution in [1.29, 1.82) is 0 Å². The van der Waals surface area contributed by atoms with Crippen LogP contribution in [0.4, 0.5) is 0 Å². The summed E-state index contributed by atoms with van der Waals surface area (Å²) in [6.45, 7) is 2.41. The average molecular weight is 1560 g/mol. The van der Waals surface area contributed by atoms with E-state index < -0.39 is 91.5 Å². The standard InChI is InChI=1S/C91H152O16P2/c1-4-7-10-13-16-19-22-25-28-31-34-36-38-39-40-41-42-43-44-45-47-49-51-53-56-59-62-65-68-71-74-77-89(94)101-80-86(92)81-103-108(97,98)104-82-87(93)83-105-109(99,100)106-85-88(107-91(96)79-76-73-70-67-64-61-58-55-50-33-30-27-24-21-18-15-12-9-6-3)84-102-90(95)78-75-72-69-66-63-60-57-54-52-48-46-37-35-32-29-26-23-20-17-14-11-8-5-2/h7,9-10,12,16-21,25-30,34-37,39-40,42-43,48,50,52,55,86-88,92-93H,4-6,8,11,13-15,22-24,31-33,38,41,44-47,49,51,53-54,56-85H2,1-3H3,(H,97,98)(H,99,100)/b10-7-,12-9-,19-16-,20-17-,21-18-,28-25-,29-26-,30-27-,36-34-,37-35-,40-39-,43-42-,52-48-,55-50-. The second kappa shape index (κ2) is 82.4. The lowest BCUT2D eigenvalue weighted by atomic mass is 10.0. The van der Waals surface area contributed by atoms with E-state index in [1.54, 1.807) is 0 Å². The Balaban J connectivity index is 4.60. The SMILES string of the molecule is CC/C=C\C/C=C\C/C=C\C/C=C\C/C=C\C/C=C\CCCCCCCCCCCCCCC(=O)OCC(O)COP(=O)(O)OCC(O)COP(=O)(O)OCC(COC(=O)CCCCCCCCC/C=C\C/C=C\C/C=C\C/C=C\CCCCC)OC(=O)CCCCCCCC/C=C\C/C=C\C/C=C\C/C=C\CC. The van der Waals surface area contributed by atoms with Gasteiger partial charge in [-0.25, -0.2) is 9.13 Å². The van der Waals surface area contributed by atoms with Crippen molar-refractivity contribution in [2.45, 2.75) is 347 Å². The minimum absolute atomic E-state index is 0.0808. The summed E-state index contributed by atoms with van der Waals surface area (Å²) in [5.74, 6) is -1.61. The molecule has 0 spiro atoms. The first-order chi connectivity index (χ1) is 53.2. The van der Waals surface area contributed by atoms with Crippen LogP contribution in [0.2, 0.25) is 0 Å². The second-order valence-corrected chi connectivity index (χ2v) is 30.8. The Morgan fingerprint density at radius 3 is 0.771 bits per heavy atom. The number of aliphatic hydroxyl groups excluding tert-OH is 2. The fourth-order valence-corrected chi connectivity index (χ4v) is 12.6. The number of esters is 3. The summed E-state index contributed by atoms with van der Waals surface area (Å²) in [5, 5.41) is 20.7. The Morgan fingerprint density at radius 2 is 0.486 bits per heavy atom. The molecule has 5 atom stereocenters. The van der Waals surface area contributed by atoms with Gasteiger partial charge in [-0.05, 0) is 154 Å². The number of hydrogen-bond acceptors (Lipinski definition) is 14. The monoisotopic (exact) mass is 1560 g/mol. The molecule has 0 aliphatic heterocycles. The molecule has 622 valence electrons. The van der Waals surface area contributed by atoms with Gasteiger partial charge in [0.1, 0.15) is 25.4 Å². The van der Waals surface area contributed by atoms with E-state index in [1.807, 2.05) is 0 Å². The van der Waals surface area contributed by atoms with Gasteiger partial charge in [-0.1, -0.05) is 326 Å². The molecule has 0 heterocycles. The zero-order chi connectivity index (χ0) is 79.4. The summed E-state index contributed by atoms with van der Waals surface area (Å²) in [4.78, 5) is 58.8. The van der Waals surface area contributed by atoms with E-state index in [0.29, 0.717) is 19.3 Å². The molecule has 0 aromatic rings. The Kier molecular flexibility index (Phi) is 78.5. The molecule has 0 aliphatic carbocycles. The van der Waals surface area contributed by atoms with Crippen molar-refractivity contribution in [1.82, 2.24) is 0 Å². The molecule has 0 saturated carbocycles. The quantitative estimate of drug-likeness (QED) is 0.0146. The molecular weight excluding hydrogens is 1410 g/mol. The summed E-state index contributed by atoms with van der Waals surface area (Å²) < 4.78 is 61.3. The Labute approximate surface area is 662 Å². The van der Waals surface area contributed by atoms with Gasteiger partial charge in [-0.3, -0.25) is 32.5 Å². The highest BCUT2D eigenvalue weighted by atomic mass is 31.2. The number of phosphoric acid groups is 2. The number of phosphoric ester groups is 2. The molecule has 0 bridgehead atoms. The smallest absolute Gasteiger partial charge is 0.463 e. The zero-order valence-corrected chi connectivity index (χ0v) is 70.0. The Bertz CT molecular complexity index is 2660. The molecular formula is C91H152O16P2. The van der Waals surface area contributed by atoms with E-state index >= 15 is 0 Å². The van der Waals surface area contributed by atoms with Crippen molar-refractivity contribution in [2.24, 2.45) is 0 Å².